The number of aromatic hydroxyl groups is 1. The largest absolute Gasteiger partial charge is 0.508 e. The minimum atomic E-state index is -0.184. The summed E-state index contributed by atoms with van der Waals surface area (Å²) in [6.45, 7) is 0. The third-order valence-electron chi connectivity index (χ3n) is 2.03. The van der Waals surface area contributed by atoms with Crippen molar-refractivity contribution in [3.8, 4) is 5.75 Å². The van der Waals surface area contributed by atoms with E-state index in [-0.39, 0.29) is 11.5 Å². The van der Waals surface area contributed by atoms with Gasteiger partial charge in [-0.15, -0.1) is 0 Å². The number of hydrogen-bond donors (Lipinski definition) is 1. The maximum Gasteiger partial charge on any atom is 0.323 e. The summed E-state index contributed by atoms with van der Waals surface area (Å²) in [6, 6.07) is 6.87. The molecule has 0 spiro atoms. The summed E-state index contributed by atoms with van der Waals surface area (Å²) in [5.74, 6) is 0.0542. The predicted octanol–water partition coefficient (Wildman–Crippen LogP) is 1.58. The van der Waals surface area contributed by atoms with Gasteiger partial charge in [0.05, 0.1) is 0 Å². The average Bonchev–Trinajstić information content (AvgIpc) is 2.21. The molecule has 78 valence electrons. The predicted molar refractivity (Wildman–Crippen MR) is 55.7 cm³/mol. The highest BCUT2D eigenvalue weighted by Crippen LogP contribution is 2.11. The van der Waals surface area contributed by atoms with Crippen LogP contribution in [-0.4, -0.2) is 21.9 Å². The van der Waals surface area contributed by atoms with E-state index >= 15 is 0 Å². The van der Waals surface area contributed by atoms with E-state index in [2.05, 4.69) is 4.79 Å². The van der Waals surface area contributed by atoms with Crippen LogP contribution < -0.4 is 0 Å². The summed E-state index contributed by atoms with van der Waals surface area (Å²) in [5.41, 5.74) is 9.18. The van der Waals surface area contributed by atoms with Crippen LogP contribution in [0.3, 0.4) is 0 Å². The van der Waals surface area contributed by atoms with Gasteiger partial charge >= 0.3 is 6.21 Å². The Morgan fingerprint density at radius 1 is 1.40 bits per heavy atom. The number of carbonyl (C=O) groups is 1. The lowest BCUT2D eigenvalue weighted by Crippen LogP contribution is -2.00. The molecular weight excluding hydrogens is 192 g/mol. The fraction of sp³-hybridized carbons (Fsp3) is 0.273. The van der Waals surface area contributed by atoms with Crippen molar-refractivity contribution < 1.29 is 14.7 Å². The van der Waals surface area contributed by atoms with E-state index in [4.69, 9.17) is 10.6 Å². The van der Waals surface area contributed by atoms with Crippen LogP contribution in [0.1, 0.15) is 18.4 Å². The lowest BCUT2D eigenvalue weighted by Gasteiger charge is -1.99. The molecule has 15 heavy (non-hydrogen) atoms. The van der Waals surface area contributed by atoms with Crippen LogP contribution in [0.2, 0.25) is 0 Å². The smallest absolute Gasteiger partial charge is 0.323 e. The molecule has 0 aliphatic heterocycles. The molecule has 0 aliphatic carbocycles. The molecule has 0 heterocycles. The number of Topliss-reactive ketones (excluding diaryl/α,β-unsaturated/α-hetero) is 1. The van der Waals surface area contributed by atoms with Gasteiger partial charge in [0.15, 0.2) is 0 Å². The summed E-state index contributed by atoms with van der Waals surface area (Å²) in [7, 11) is 0. The number of ketones is 1. The van der Waals surface area contributed by atoms with Crippen LogP contribution in [0.25, 0.3) is 5.53 Å². The summed E-state index contributed by atoms with van der Waals surface area (Å²) in [4.78, 5) is 13.6. The molecule has 1 rings (SSSR count). The molecule has 4 heteroatoms. The van der Waals surface area contributed by atoms with Crippen molar-refractivity contribution in [2.75, 3.05) is 0 Å². The quantitative estimate of drug-likeness (QED) is 0.449. The molecule has 0 radical (unpaired) electrons. The van der Waals surface area contributed by atoms with E-state index in [9.17, 15) is 4.79 Å². The van der Waals surface area contributed by atoms with Gasteiger partial charge < -0.3 is 10.6 Å². The second-order valence-electron chi connectivity index (χ2n) is 3.23. The molecular formula is C11H12N2O2. The Kier molecular flexibility index (Phi) is 4.26. The van der Waals surface area contributed by atoms with Crippen molar-refractivity contribution in [2.45, 2.75) is 19.3 Å². The number of benzene rings is 1. The van der Waals surface area contributed by atoms with Gasteiger partial charge in [-0.3, -0.25) is 4.79 Å². The third kappa shape index (κ3) is 4.20. The molecule has 4 nitrogen and oxygen atoms in total. The highest BCUT2D eigenvalue weighted by atomic mass is 16.3. The molecule has 0 fully saturated rings. The number of rotatable bonds is 5. The first-order valence-corrected chi connectivity index (χ1v) is 4.70. The Bertz CT molecular complexity index is 378. The average molecular weight is 204 g/mol. The third-order valence-corrected chi connectivity index (χ3v) is 2.03. The Morgan fingerprint density at radius 2 is 2.07 bits per heavy atom. The van der Waals surface area contributed by atoms with E-state index in [0.717, 1.165) is 18.2 Å². The summed E-state index contributed by atoms with van der Waals surface area (Å²) in [6.07, 6.45) is 2.75. The molecule has 0 saturated heterocycles. The van der Waals surface area contributed by atoms with Crippen molar-refractivity contribution in [1.82, 2.24) is 0 Å². The fourth-order valence-electron chi connectivity index (χ4n) is 1.26. The van der Waals surface area contributed by atoms with Gasteiger partial charge in [-0.2, -0.15) is 4.79 Å². The monoisotopic (exact) mass is 204 g/mol. The summed E-state index contributed by atoms with van der Waals surface area (Å²) >= 11 is 0. The normalized spacial score (nSPS) is 9.33. The second kappa shape index (κ2) is 5.73. The van der Waals surface area contributed by atoms with Gasteiger partial charge in [0, 0.05) is 6.42 Å². The summed E-state index contributed by atoms with van der Waals surface area (Å²) < 4.78 is 0. The van der Waals surface area contributed by atoms with E-state index in [0.29, 0.717) is 12.8 Å². The topological polar surface area (TPSA) is 73.7 Å². The maximum absolute atomic E-state index is 10.9. The highest BCUT2D eigenvalue weighted by Gasteiger charge is 2.02. The van der Waals surface area contributed by atoms with E-state index in [1.54, 1.807) is 12.1 Å². The van der Waals surface area contributed by atoms with E-state index in [1.165, 1.54) is 0 Å². The zero-order valence-corrected chi connectivity index (χ0v) is 8.26. The van der Waals surface area contributed by atoms with E-state index in [1.807, 2.05) is 12.1 Å². The number of hydrogen-bond acceptors (Lipinski definition) is 2. The zero-order chi connectivity index (χ0) is 11.1. The van der Waals surface area contributed by atoms with Crippen LogP contribution >= 0.6 is 0 Å². The molecule has 1 aromatic carbocycles. The van der Waals surface area contributed by atoms with Gasteiger partial charge in [0.1, 0.15) is 5.75 Å². The van der Waals surface area contributed by atoms with Gasteiger partial charge in [0.25, 0.3) is 0 Å². The molecule has 0 amide bonds. The fourth-order valence-corrected chi connectivity index (χ4v) is 1.26. The van der Waals surface area contributed by atoms with Crippen molar-refractivity contribution >= 4 is 12.0 Å². The van der Waals surface area contributed by atoms with Gasteiger partial charge in [-0.1, -0.05) is 12.1 Å². The van der Waals surface area contributed by atoms with E-state index < -0.39 is 0 Å². The molecule has 0 aromatic heterocycles. The molecule has 0 atom stereocenters. The number of nitrogens with zero attached hydrogens (tertiary/aromatic N) is 2. The second-order valence-corrected chi connectivity index (χ2v) is 3.23. The van der Waals surface area contributed by atoms with Crippen LogP contribution in [-0.2, 0) is 11.2 Å². The molecule has 0 aliphatic rings. The van der Waals surface area contributed by atoms with Crippen LogP contribution in [0.4, 0.5) is 0 Å². The minimum absolute atomic E-state index is 0.184. The molecule has 1 aromatic rings. The van der Waals surface area contributed by atoms with Crippen molar-refractivity contribution in [3.05, 3.63) is 35.4 Å². The Labute approximate surface area is 87.8 Å². The lowest BCUT2D eigenvalue weighted by molar-refractivity contribution is -0.116. The Morgan fingerprint density at radius 3 is 2.67 bits per heavy atom. The van der Waals surface area contributed by atoms with Gasteiger partial charge in [0.2, 0.25) is 5.78 Å². The first-order chi connectivity index (χ1) is 7.22. The number of carbonyl (C=O) groups excluding carboxylic acids is 1. The van der Waals surface area contributed by atoms with Crippen LogP contribution in [0.5, 0.6) is 5.75 Å². The van der Waals surface area contributed by atoms with Crippen LogP contribution in [0.15, 0.2) is 24.3 Å². The first kappa shape index (κ1) is 11.1. The highest BCUT2D eigenvalue weighted by molar-refractivity contribution is 6.25. The lowest BCUT2D eigenvalue weighted by atomic mass is 10.1. The summed E-state index contributed by atoms with van der Waals surface area (Å²) in [5, 5.41) is 9.04. The standard InChI is InChI=1S/C11H12N2O2/c12-13-8-11(15)3-1-2-9-4-6-10(14)7-5-9/h4-8,14H,1-3H2. The Balaban J connectivity index is 2.35. The number of aryl methyl sites for hydroxylation is 1. The first-order valence-electron chi connectivity index (χ1n) is 4.70. The van der Waals surface area contributed by atoms with Gasteiger partial charge in [-0.25, -0.2) is 0 Å². The SMILES string of the molecule is [N-]=[N+]=CC(=O)CCCc1ccc(O)cc1. The molecule has 0 bridgehead atoms. The minimum Gasteiger partial charge on any atom is -0.508 e. The van der Waals surface area contributed by atoms with Crippen molar-refractivity contribution in [1.29, 1.82) is 0 Å². The van der Waals surface area contributed by atoms with Crippen LogP contribution in [0, 0.1) is 0 Å². The number of phenols is 1. The number of phenolic OH excluding ortho intramolecular Hbond substituents is 1. The molecule has 1 N–H and O–H groups in total. The molecule has 0 unspecified atom stereocenters. The Hall–Kier alpha value is -1.93. The maximum atomic E-state index is 10.9. The van der Waals surface area contributed by atoms with Gasteiger partial charge in [-0.05, 0) is 30.5 Å². The zero-order valence-electron chi connectivity index (χ0n) is 8.26. The molecule has 0 saturated carbocycles. The van der Waals surface area contributed by atoms with Crippen molar-refractivity contribution in [2.24, 2.45) is 0 Å². The van der Waals surface area contributed by atoms with Crippen molar-refractivity contribution in [3.63, 3.8) is 0 Å².